The first kappa shape index (κ1) is 29.7. The number of benzene rings is 2. The minimum atomic E-state index is -1.47. The van der Waals surface area contributed by atoms with E-state index in [9.17, 15) is 24.3 Å². The molecular formula is C30H33FN8O4. The minimum absolute atomic E-state index is 0.185. The third kappa shape index (κ3) is 6.81. The van der Waals surface area contributed by atoms with E-state index in [-0.39, 0.29) is 30.8 Å². The molecular weight excluding hydrogens is 555 g/mol. The molecule has 3 heterocycles. The average Bonchev–Trinajstić information content (AvgIpc) is 3.02. The first-order valence-electron chi connectivity index (χ1n) is 14.1. The number of hydrogen-bond donors (Lipinski definition) is 2. The summed E-state index contributed by atoms with van der Waals surface area (Å²) in [5.74, 6) is 0.376. The first-order valence-corrected chi connectivity index (χ1v) is 14.1. The summed E-state index contributed by atoms with van der Waals surface area (Å²) in [6, 6.07) is 12.9. The van der Waals surface area contributed by atoms with Gasteiger partial charge in [0.1, 0.15) is 30.4 Å². The quantitative estimate of drug-likeness (QED) is 0.376. The van der Waals surface area contributed by atoms with Crippen LogP contribution in [-0.4, -0.2) is 99.8 Å². The van der Waals surface area contributed by atoms with Crippen LogP contribution >= 0.6 is 0 Å². The zero-order valence-electron chi connectivity index (χ0n) is 24.0. The van der Waals surface area contributed by atoms with Gasteiger partial charge in [0.15, 0.2) is 12.0 Å². The Morgan fingerprint density at radius 3 is 2.65 bits per heavy atom. The zero-order chi connectivity index (χ0) is 30.5. The van der Waals surface area contributed by atoms with Crippen molar-refractivity contribution >= 4 is 29.6 Å². The average molecular weight is 589 g/mol. The molecule has 5 rings (SSSR count). The summed E-state index contributed by atoms with van der Waals surface area (Å²) in [7, 11) is 0. The Morgan fingerprint density at radius 2 is 1.98 bits per heavy atom. The van der Waals surface area contributed by atoms with E-state index in [1.807, 2.05) is 25.1 Å². The molecule has 0 aliphatic carbocycles. The van der Waals surface area contributed by atoms with Crippen molar-refractivity contribution in [1.29, 1.82) is 5.26 Å². The largest absolute Gasteiger partial charge is 0.486 e. The second-order valence-electron chi connectivity index (χ2n) is 10.6. The molecule has 2 saturated heterocycles. The van der Waals surface area contributed by atoms with Gasteiger partial charge >= 0.3 is 0 Å². The Balaban J connectivity index is 1.25. The fourth-order valence-corrected chi connectivity index (χ4v) is 5.28. The molecule has 0 spiro atoms. The van der Waals surface area contributed by atoms with Crippen molar-refractivity contribution in [1.82, 2.24) is 24.8 Å². The van der Waals surface area contributed by atoms with Crippen molar-refractivity contribution in [2.75, 3.05) is 49.5 Å². The van der Waals surface area contributed by atoms with E-state index in [0.29, 0.717) is 30.4 Å². The van der Waals surface area contributed by atoms with Gasteiger partial charge in [-0.25, -0.2) is 14.4 Å². The molecule has 2 N–H and O–H groups in total. The van der Waals surface area contributed by atoms with Crippen LogP contribution in [0.1, 0.15) is 24.5 Å². The molecule has 2 aromatic carbocycles. The third-order valence-electron chi connectivity index (χ3n) is 7.62. The van der Waals surface area contributed by atoms with E-state index in [1.165, 1.54) is 18.2 Å². The maximum absolute atomic E-state index is 14.8. The molecule has 13 heteroatoms. The van der Waals surface area contributed by atoms with Gasteiger partial charge in [0.2, 0.25) is 12.4 Å². The summed E-state index contributed by atoms with van der Waals surface area (Å²) in [6.45, 7) is 6.38. The number of likely N-dealkylation sites (tertiary alicyclic amines) is 1. The molecule has 43 heavy (non-hydrogen) atoms. The summed E-state index contributed by atoms with van der Waals surface area (Å²) in [5, 5.41) is 22.5. The van der Waals surface area contributed by atoms with Gasteiger partial charge in [-0.2, -0.15) is 10.2 Å². The van der Waals surface area contributed by atoms with Crippen molar-refractivity contribution in [3.8, 4) is 23.2 Å². The van der Waals surface area contributed by atoms with Crippen LogP contribution in [-0.2, 0) is 9.59 Å². The highest BCUT2D eigenvalue weighted by Crippen LogP contribution is 2.29. The topological polar surface area (TPSA) is 148 Å². The lowest BCUT2D eigenvalue weighted by molar-refractivity contribution is -0.143. The molecule has 224 valence electrons. The number of piperidine rings is 1. The molecule has 0 bridgehead atoms. The van der Waals surface area contributed by atoms with Crippen LogP contribution in [0.4, 0.5) is 21.7 Å². The number of piperazine rings is 1. The number of carbonyl (C=O) groups excluding carboxylic acids is 2. The van der Waals surface area contributed by atoms with E-state index in [1.54, 1.807) is 23.1 Å². The van der Waals surface area contributed by atoms with Crippen molar-refractivity contribution in [3.05, 3.63) is 53.9 Å². The number of hydrogen-bond acceptors (Lipinski definition) is 10. The normalized spacial score (nSPS) is 19.4. The van der Waals surface area contributed by atoms with Crippen molar-refractivity contribution in [2.45, 2.75) is 38.6 Å². The molecule has 2 amide bonds. The lowest BCUT2D eigenvalue weighted by Gasteiger charge is -2.35. The van der Waals surface area contributed by atoms with E-state index in [4.69, 9.17) is 4.74 Å². The third-order valence-corrected chi connectivity index (χ3v) is 7.62. The molecule has 2 fully saturated rings. The predicted molar refractivity (Wildman–Crippen MR) is 156 cm³/mol. The van der Waals surface area contributed by atoms with Gasteiger partial charge in [-0.1, -0.05) is 0 Å². The summed E-state index contributed by atoms with van der Waals surface area (Å²) in [5.41, 5.74) is 3.74. The van der Waals surface area contributed by atoms with Gasteiger partial charge in [-0.05, 0) is 55.8 Å². The van der Waals surface area contributed by atoms with Crippen LogP contribution in [0.15, 0.2) is 42.7 Å². The molecule has 0 radical (unpaired) electrons. The number of anilines is 3. The van der Waals surface area contributed by atoms with E-state index < -0.39 is 24.3 Å². The van der Waals surface area contributed by atoms with Crippen LogP contribution in [0.25, 0.3) is 11.4 Å². The SMILES string of the molecule is Cc1cc(Nc2ncnc(-c3ccc(O[C@H]4CCN(C(=O)[C@H](C)O)C[C@H]4F)c(C#N)c3)n2)ccc1N1CCN(C=O)CC1. The number of aliphatic hydroxyl groups is 1. The number of aliphatic hydroxyl groups excluding tert-OH is 1. The minimum Gasteiger partial charge on any atom is -0.486 e. The number of aromatic nitrogens is 3. The second kappa shape index (κ2) is 13.0. The van der Waals surface area contributed by atoms with E-state index in [2.05, 4.69) is 31.2 Å². The standard InChI is InChI=1S/C30H33FN8O4/c1-19-13-23(4-5-25(19)38-11-9-37(18-40)10-12-38)35-30-34-17-33-28(36-30)21-3-6-26(22(14-21)15-32)43-27-7-8-39(16-24(27)31)29(42)20(2)41/h3-6,13-14,17-18,20,24,27,41H,7-12,16H2,1-2H3,(H,33,34,35,36)/t20-,24+,27-/m0/s1. The number of nitrogens with one attached hydrogen (secondary N) is 1. The van der Waals surface area contributed by atoms with Gasteiger partial charge in [0.05, 0.1) is 12.1 Å². The highest BCUT2D eigenvalue weighted by Gasteiger charge is 2.34. The van der Waals surface area contributed by atoms with Crippen LogP contribution in [0.5, 0.6) is 5.75 Å². The Morgan fingerprint density at radius 1 is 1.19 bits per heavy atom. The van der Waals surface area contributed by atoms with Crippen LogP contribution in [0, 0.1) is 18.3 Å². The number of nitriles is 1. The Labute approximate surface area is 248 Å². The molecule has 2 aliphatic rings. The number of carbonyl (C=O) groups is 2. The fourth-order valence-electron chi connectivity index (χ4n) is 5.28. The first-order chi connectivity index (χ1) is 20.7. The Hall–Kier alpha value is -4.83. The Kier molecular flexibility index (Phi) is 8.96. The van der Waals surface area contributed by atoms with E-state index >= 15 is 0 Å². The molecule has 0 unspecified atom stereocenters. The summed E-state index contributed by atoms with van der Waals surface area (Å²) in [6.07, 6.45) is -0.997. The summed E-state index contributed by atoms with van der Waals surface area (Å²) < 4.78 is 20.7. The van der Waals surface area contributed by atoms with Gasteiger partial charge in [0, 0.05) is 56.1 Å². The number of halogens is 1. The summed E-state index contributed by atoms with van der Waals surface area (Å²) in [4.78, 5) is 41.4. The number of nitrogens with zero attached hydrogens (tertiary/aromatic N) is 7. The fraction of sp³-hybridized carbons (Fsp3) is 0.400. The van der Waals surface area contributed by atoms with Gasteiger partial charge < -0.3 is 29.9 Å². The number of alkyl halides is 1. The number of aryl methyl sites for hydroxylation is 1. The maximum Gasteiger partial charge on any atom is 0.251 e. The van der Waals surface area contributed by atoms with Gasteiger partial charge in [-0.15, -0.1) is 0 Å². The molecule has 12 nitrogen and oxygen atoms in total. The monoisotopic (exact) mass is 588 g/mol. The van der Waals surface area contributed by atoms with Crippen molar-refractivity contribution in [3.63, 3.8) is 0 Å². The highest BCUT2D eigenvalue weighted by molar-refractivity contribution is 5.80. The second-order valence-corrected chi connectivity index (χ2v) is 10.6. The molecule has 2 aliphatic heterocycles. The van der Waals surface area contributed by atoms with E-state index in [0.717, 1.165) is 36.4 Å². The van der Waals surface area contributed by atoms with Crippen molar-refractivity contribution in [2.24, 2.45) is 0 Å². The highest BCUT2D eigenvalue weighted by atomic mass is 19.1. The molecule has 3 atom stereocenters. The molecule has 0 saturated carbocycles. The lowest BCUT2D eigenvalue weighted by Crippen LogP contribution is -2.51. The van der Waals surface area contributed by atoms with Crippen molar-refractivity contribution < 1.29 is 23.8 Å². The number of rotatable bonds is 8. The number of ether oxygens (including phenoxy) is 1. The predicted octanol–water partition coefficient (Wildman–Crippen LogP) is 2.44. The lowest BCUT2D eigenvalue weighted by atomic mass is 10.0. The summed E-state index contributed by atoms with van der Waals surface area (Å²) >= 11 is 0. The Bertz CT molecular complexity index is 1520. The zero-order valence-corrected chi connectivity index (χ0v) is 24.0. The van der Waals surface area contributed by atoms with Crippen LogP contribution < -0.4 is 15.0 Å². The number of amides is 2. The maximum atomic E-state index is 14.8. The van der Waals surface area contributed by atoms with Gasteiger partial charge in [0.25, 0.3) is 5.91 Å². The smallest absolute Gasteiger partial charge is 0.251 e. The molecule has 3 aromatic rings. The van der Waals surface area contributed by atoms with Crippen LogP contribution in [0.2, 0.25) is 0 Å². The van der Waals surface area contributed by atoms with Gasteiger partial charge in [-0.3, -0.25) is 9.59 Å². The molecule has 1 aromatic heterocycles. The van der Waals surface area contributed by atoms with Crippen LogP contribution in [0.3, 0.4) is 0 Å².